The van der Waals surface area contributed by atoms with Gasteiger partial charge in [-0.25, -0.2) is 9.97 Å². The molecule has 2 saturated heterocycles. The minimum absolute atomic E-state index is 0.00956. The van der Waals surface area contributed by atoms with Gasteiger partial charge in [-0.15, -0.1) is 11.3 Å². The first kappa shape index (κ1) is 90.4. The Labute approximate surface area is 664 Å². The molecule has 5 heterocycles. The fourth-order valence-electron chi connectivity index (χ4n) is 13.2. The van der Waals surface area contributed by atoms with Crippen LogP contribution in [0.25, 0.3) is 32.5 Å². The van der Waals surface area contributed by atoms with Crippen molar-refractivity contribution in [1.29, 1.82) is 0 Å². The molecule has 2 aromatic carbocycles. The number of Topliss-reactive ketones (excluding diaryl/α,β-unsaturated/α-hetero) is 3. The summed E-state index contributed by atoms with van der Waals surface area (Å²) < 4.78 is 69.0. The molecule has 3 N–H and O–H groups in total. The Morgan fingerprint density at radius 3 is 1.65 bits per heavy atom. The van der Waals surface area contributed by atoms with Crippen LogP contribution in [0, 0.1) is 12.3 Å². The van der Waals surface area contributed by atoms with Crippen molar-refractivity contribution < 1.29 is 90.7 Å². The van der Waals surface area contributed by atoms with E-state index in [-0.39, 0.29) is 80.8 Å². The van der Waals surface area contributed by atoms with Gasteiger partial charge >= 0.3 is 0 Å². The van der Waals surface area contributed by atoms with Gasteiger partial charge in [0.25, 0.3) is 0 Å². The van der Waals surface area contributed by atoms with Gasteiger partial charge in [0.1, 0.15) is 23.7 Å². The fraction of sp³-hybridized carbons (Fsp3) is 0.627. The SMILES string of the molecule is CC1=CC(C)=C(CCC(=O)c2cc(-c3ccc(N4CCN(CCC(=O)CCCOCCOCCOCCOCCOCCOCCOCCOCCOCCOCCOCCOCCC(=O)N[C@H](C(=O)N5C[C@H](O)C[C@H]5C(=O)NCc5ccc(-c6scnc6C)cc5)C(C)(C)C)CC4)nc3)cc3c2cnn3C(C)C)C(=O)C1. The second kappa shape index (κ2) is 49.6. The maximum absolute atomic E-state index is 14.0. The molecule has 0 unspecified atom stereocenters. The Morgan fingerprint density at radius 2 is 1.15 bits per heavy atom. The van der Waals surface area contributed by atoms with Crippen molar-refractivity contribution in [1.82, 2.24) is 40.2 Å². The number of aliphatic hydroxyl groups is 1. The van der Waals surface area contributed by atoms with Gasteiger partial charge in [-0.2, -0.15) is 5.10 Å². The molecular formula is C83H121N9O19S. The van der Waals surface area contributed by atoms with Gasteiger partial charge in [-0.3, -0.25) is 38.3 Å². The number of amides is 3. The third-order valence-corrected chi connectivity index (χ3v) is 20.3. The molecule has 3 atom stereocenters. The first-order valence-electron chi connectivity index (χ1n) is 39.6. The molecule has 0 spiro atoms. The summed E-state index contributed by atoms with van der Waals surface area (Å²) in [7, 11) is 0. The van der Waals surface area contributed by atoms with E-state index in [0.29, 0.717) is 183 Å². The lowest BCUT2D eigenvalue weighted by Gasteiger charge is -2.35. The monoisotopic (exact) mass is 1580 g/mol. The average Bonchev–Trinajstić information content (AvgIpc) is 1.47. The van der Waals surface area contributed by atoms with Gasteiger partial charge in [0.05, 0.1) is 186 Å². The van der Waals surface area contributed by atoms with Gasteiger partial charge in [0, 0.05) is 120 Å². The van der Waals surface area contributed by atoms with Gasteiger partial charge < -0.3 is 82.4 Å². The summed E-state index contributed by atoms with van der Waals surface area (Å²) >= 11 is 1.57. The fourth-order valence-corrected chi connectivity index (χ4v) is 14.0. The molecule has 1 aliphatic carbocycles. The van der Waals surface area contributed by atoms with E-state index in [2.05, 4.69) is 56.5 Å². The summed E-state index contributed by atoms with van der Waals surface area (Å²) in [5.41, 5.74) is 10.1. The lowest BCUT2D eigenvalue weighted by Crippen LogP contribution is -2.57. The predicted octanol–water partition coefficient (Wildman–Crippen LogP) is 8.57. The van der Waals surface area contributed by atoms with Crippen LogP contribution in [0.4, 0.5) is 5.82 Å². The number of carbonyl (C=O) groups is 6. The normalized spacial score (nSPS) is 16.0. The minimum atomic E-state index is -0.934. The van der Waals surface area contributed by atoms with Crippen LogP contribution in [0.3, 0.4) is 0 Å². The highest BCUT2D eigenvalue weighted by atomic mass is 32.1. The number of hydrogen-bond acceptors (Lipinski definition) is 25. The van der Waals surface area contributed by atoms with Crippen LogP contribution in [0.1, 0.15) is 127 Å². The van der Waals surface area contributed by atoms with E-state index < -0.39 is 29.5 Å². The number of allylic oxidation sites excluding steroid dienone is 4. The smallest absolute Gasteiger partial charge is 0.246 e. The number of ether oxygens (including phenoxy) is 12. The third kappa shape index (κ3) is 31.2. The van der Waals surface area contributed by atoms with Gasteiger partial charge in [0.15, 0.2) is 11.6 Å². The van der Waals surface area contributed by atoms with E-state index in [9.17, 15) is 33.9 Å². The largest absolute Gasteiger partial charge is 0.391 e. The Kier molecular flexibility index (Phi) is 40.0. The predicted molar refractivity (Wildman–Crippen MR) is 427 cm³/mol. The van der Waals surface area contributed by atoms with Crippen LogP contribution in [0.15, 0.2) is 89.2 Å². The Hall–Kier alpha value is -7.17. The number of aliphatic hydroxyl groups excluding tert-OH is 1. The summed E-state index contributed by atoms with van der Waals surface area (Å²) in [6.45, 7) is 29.8. The average molecular weight is 1580 g/mol. The number of rotatable bonds is 56. The summed E-state index contributed by atoms with van der Waals surface area (Å²) in [5.74, 6) is 0.0652. The molecule has 2 aliphatic heterocycles. The summed E-state index contributed by atoms with van der Waals surface area (Å²) in [6, 6.07) is 14.3. The number of ketones is 3. The standard InChI is InChI=1S/C83H121N9O19S/c1-60(2)92-73-53-67(52-71(72(73)57-87-92)75(95)17-16-70-62(4)50-61(3)51-76(70)96)66-15-18-77(84-56-66)90-24-22-89(23-25-90)21-19-68(93)10-9-26-100-28-30-102-32-34-104-36-38-106-40-42-108-44-46-110-48-49-111-47-45-109-43-41-107-39-37-105-35-33-103-31-29-101-27-20-78(97)88-80(83(6,7)8)82(99)91-58-69(94)54-74(91)81(98)85-55-64-11-13-65(14-12-64)79-63(5)86-59-112-79/h11-15,18,50,52-53,56-57,59-60,69,74,80,94H,9-10,16-17,19-49,51,54-55,58H2,1-8H3,(H,85,98)(H,88,97)/t69-,74+,80-/m1/s1. The highest BCUT2D eigenvalue weighted by Crippen LogP contribution is 2.34. The maximum Gasteiger partial charge on any atom is 0.246 e. The summed E-state index contributed by atoms with van der Waals surface area (Å²) in [4.78, 5) is 96.2. The number of fused-ring (bicyclic) bond motifs is 1. The number of pyridine rings is 1. The van der Waals surface area contributed by atoms with Crippen LogP contribution in [-0.2, 0) is 87.4 Å². The molecule has 0 bridgehead atoms. The molecular weight excluding hydrogens is 1460 g/mol. The topological polar surface area (TPSA) is 311 Å². The Bertz CT molecular complexity index is 3740. The number of aromatic nitrogens is 4. The molecule has 3 aromatic heterocycles. The van der Waals surface area contributed by atoms with E-state index in [1.54, 1.807) is 17.5 Å². The lowest BCUT2D eigenvalue weighted by atomic mass is 9.85. The van der Waals surface area contributed by atoms with Crippen LogP contribution < -0.4 is 15.5 Å². The van der Waals surface area contributed by atoms with Crippen LogP contribution in [0.2, 0.25) is 0 Å². The van der Waals surface area contributed by atoms with E-state index in [1.807, 2.05) is 100 Å². The highest BCUT2D eigenvalue weighted by Gasteiger charge is 2.44. The van der Waals surface area contributed by atoms with E-state index in [1.165, 1.54) is 4.90 Å². The van der Waals surface area contributed by atoms with Crippen molar-refractivity contribution in [2.24, 2.45) is 5.41 Å². The number of benzene rings is 2. The molecule has 28 nitrogen and oxygen atoms in total. The number of nitrogens with one attached hydrogen (secondary N) is 2. The van der Waals surface area contributed by atoms with E-state index >= 15 is 0 Å². The van der Waals surface area contributed by atoms with Crippen molar-refractivity contribution >= 4 is 63.1 Å². The number of nitrogens with zero attached hydrogens (tertiary/aromatic N) is 7. The van der Waals surface area contributed by atoms with E-state index in [4.69, 9.17) is 61.8 Å². The number of piperazine rings is 1. The zero-order valence-electron chi connectivity index (χ0n) is 67.1. The Morgan fingerprint density at radius 1 is 0.616 bits per heavy atom. The summed E-state index contributed by atoms with van der Waals surface area (Å²) in [6.07, 6.45) is 7.70. The highest BCUT2D eigenvalue weighted by molar-refractivity contribution is 7.13. The molecule has 0 saturated carbocycles. The first-order chi connectivity index (χ1) is 54.2. The van der Waals surface area contributed by atoms with Crippen LogP contribution in [-0.4, -0.2) is 286 Å². The maximum atomic E-state index is 14.0. The zero-order valence-corrected chi connectivity index (χ0v) is 68.0. The van der Waals surface area contributed by atoms with Gasteiger partial charge in [0.2, 0.25) is 17.7 Å². The number of thiazole rings is 1. The number of anilines is 1. The zero-order chi connectivity index (χ0) is 79.9. The Balaban J connectivity index is 0.512. The molecule has 8 rings (SSSR count). The number of hydrogen-bond donors (Lipinski definition) is 3. The lowest BCUT2D eigenvalue weighted by molar-refractivity contribution is -0.144. The summed E-state index contributed by atoms with van der Waals surface area (Å²) in [5, 5.41) is 21.8. The number of carbonyl (C=O) groups excluding carboxylic acids is 6. The second-order valence-corrected chi connectivity index (χ2v) is 30.3. The molecule has 2 fully saturated rings. The van der Waals surface area contributed by atoms with E-state index in [0.717, 1.165) is 99.0 Å². The van der Waals surface area contributed by atoms with Crippen LogP contribution >= 0.6 is 11.3 Å². The van der Waals surface area contributed by atoms with Crippen molar-refractivity contribution in [3.63, 3.8) is 0 Å². The van der Waals surface area contributed by atoms with Gasteiger partial charge in [-0.1, -0.05) is 56.7 Å². The molecule has 3 aliphatic rings. The van der Waals surface area contributed by atoms with Crippen molar-refractivity contribution in [3.8, 4) is 21.6 Å². The van der Waals surface area contributed by atoms with Gasteiger partial charge in [-0.05, 0) is 105 Å². The number of aryl methyl sites for hydroxylation is 1. The molecule has 5 aromatic rings. The third-order valence-electron chi connectivity index (χ3n) is 19.3. The molecule has 3 amide bonds. The van der Waals surface area contributed by atoms with Crippen molar-refractivity contribution in [3.05, 3.63) is 106 Å². The van der Waals surface area contributed by atoms with Crippen LogP contribution in [0.5, 0.6) is 0 Å². The number of β-amino-alcohol motifs (C(OH)–C–C–N with tert-alkyl or cyclic N) is 1. The molecule has 618 valence electrons. The second-order valence-electron chi connectivity index (χ2n) is 29.5. The molecule has 29 heteroatoms. The molecule has 112 heavy (non-hydrogen) atoms. The number of likely N-dealkylation sites (tertiary alicyclic amines) is 1. The van der Waals surface area contributed by atoms with Crippen molar-refractivity contribution in [2.75, 3.05) is 203 Å². The quantitative estimate of drug-likeness (QED) is 0.0242. The minimum Gasteiger partial charge on any atom is -0.391 e. The first-order valence-corrected chi connectivity index (χ1v) is 40.5. The molecule has 0 radical (unpaired) electrons. The van der Waals surface area contributed by atoms with Crippen molar-refractivity contribution in [2.45, 2.75) is 138 Å².